The van der Waals surface area contributed by atoms with Crippen molar-refractivity contribution in [2.75, 3.05) is 20.1 Å². The third kappa shape index (κ3) is 6.81. The number of hydrazine groups is 2. The largest absolute Gasteiger partial charge is 0.303 e. The van der Waals surface area contributed by atoms with Gasteiger partial charge in [-0.3, -0.25) is 5.43 Å². The highest BCUT2D eigenvalue weighted by Gasteiger charge is 1.88. The first-order chi connectivity index (χ1) is 5.66. The van der Waals surface area contributed by atoms with Gasteiger partial charge < -0.3 is 4.90 Å². The molecule has 2 N–H and O–H groups in total. The van der Waals surface area contributed by atoms with Crippen LogP contribution in [0, 0.1) is 10.1 Å². The molecule has 0 aromatic heterocycles. The molecule has 0 aliphatic heterocycles. The van der Waals surface area contributed by atoms with E-state index in [0.29, 0.717) is 0 Å². The average molecular weight is 174 g/mol. The molecule has 0 aromatic carbocycles. The number of nitrogens with one attached hydrogen (secondary N) is 2. The van der Waals surface area contributed by atoms with Crippen LogP contribution in [0.3, 0.4) is 0 Å². The summed E-state index contributed by atoms with van der Waals surface area (Å²) in [5.41, 5.74) is 4.11. The third-order valence-electron chi connectivity index (χ3n) is 1.31. The minimum Gasteiger partial charge on any atom is -0.303 e. The van der Waals surface area contributed by atoms with E-state index in [4.69, 9.17) is 0 Å². The van der Waals surface area contributed by atoms with Crippen molar-refractivity contribution in [3.8, 4) is 0 Å². The van der Waals surface area contributed by atoms with Gasteiger partial charge in [0.1, 0.15) is 0 Å². The van der Waals surface area contributed by atoms with Gasteiger partial charge in [0.25, 0.3) is 0 Å². The maximum atomic E-state index is 9.74. The first kappa shape index (κ1) is 10.7. The molecule has 6 nitrogen and oxygen atoms in total. The van der Waals surface area contributed by atoms with Gasteiger partial charge in [0, 0.05) is 12.7 Å². The van der Waals surface area contributed by atoms with Gasteiger partial charge in [-0.1, -0.05) is 13.0 Å². The predicted octanol–water partition coefficient (Wildman–Crippen LogP) is -0.262. The number of likely N-dealkylation sites (N-methyl/N-ethyl adjacent to an activating group) is 1. The van der Waals surface area contributed by atoms with Crippen LogP contribution in [0.25, 0.3) is 0 Å². The Morgan fingerprint density at radius 2 is 2.33 bits per heavy atom. The van der Waals surface area contributed by atoms with E-state index in [9.17, 15) is 10.1 Å². The van der Waals surface area contributed by atoms with Crippen LogP contribution in [-0.4, -0.2) is 30.1 Å². The van der Waals surface area contributed by atoms with Crippen molar-refractivity contribution < 1.29 is 5.03 Å². The highest BCUT2D eigenvalue weighted by molar-refractivity contribution is 4.79. The first-order valence-corrected chi connectivity index (χ1v) is 3.66. The highest BCUT2D eigenvalue weighted by atomic mass is 16.7. The van der Waals surface area contributed by atoms with Gasteiger partial charge >= 0.3 is 0 Å². The smallest absolute Gasteiger partial charge is 0.178 e. The maximum absolute atomic E-state index is 9.74. The molecule has 0 bridgehead atoms. The fourth-order valence-electron chi connectivity index (χ4n) is 0.511. The van der Waals surface area contributed by atoms with Gasteiger partial charge in [-0.05, 0) is 19.1 Å². The number of nitro groups is 1. The van der Waals surface area contributed by atoms with Gasteiger partial charge in [-0.15, -0.1) is 0 Å². The summed E-state index contributed by atoms with van der Waals surface area (Å²) < 4.78 is 0. The number of nitrogens with zero attached hydrogens (tertiary/aromatic N) is 2. The normalized spacial score (nSPS) is 10.6. The standard InChI is InChI=1S/C6H14N4O2/c1-3-9(2)6-4-5-7-8-10(11)12/h4-5,7-8H,3,6H2,1-2H3/b5-4+. The molecule has 6 heteroatoms. The molecule has 70 valence electrons. The van der Waals surface area contributed by atoms with Gasteiger partial charge in [0.15, 0.2) is 5.03 Å². The molecular formula is C6H14N4O2. The Bertz CT molecular complexity index is 160. The van der Waals surface area contributed by atoms with Crippen molar-refractivity contribution in [2.45, 2.75) is 6.92 Å². The monoisotopic (exact) mass is 174 g/mol. The fourth-order valence-corrected chi connectivity index (χ4v) is 0.511. The summed E-state index contributed by atoms with van der Waals surface area (Å²) in [6.07, 6.45) is 3.29. The number of hydrogen-bond acceptors (Lipinski definition) is 4. The van der Waals surface area contributed by atoms with Crippen LogP contribution in [0.15, 0.2) is 12.3 Å². The molecule has 0 radical (unpaired) electrons. The lowest BCUT2D eigenvalue weighted by Gasteiger charge is -2.09. The summed E-state index contributed by atoms with van der Waals surface area (Å²) >= 11 is 0. The molecule has 0 rings (SSSR count). The molecule has 0 fully saturated rings. The Morgan fingerprint density at radius 3 is 2.83 bits per heavy atom. The molecular weight excluding hydrogens is 160 g/mol. The molecule has 0 saturated carbocycles. The van der Waals surface area contributed by atoms with E-state index in [2.05, 4.69) is 10.3 Å². The second-order valence-electron chi connectivity index (χ2n) is 2.27. The summed E-state index contributed by atoms with van der Waals surface area (Å²) in [5, 5.41) is 9.08. The van der Waals surface area contributed by atoms with Crippen molar-refractivity contribution in [1.29, 1.82) is 0 Å². The SMILES string of the molecule is CCN(C)C/C=C/NN[N+](=O)[O-]. The van der Waals surface area contributed by atoms with E-state index in [1.54, 1.807) is 11.6 Å². The van der Waals surface area contributed by atoms with Gasteiger partial charge in [0.05, 0.1) is 0 Å². The molecule has 0 spiro atoms. The van der Waals surface area contributed by atoms with Gasteiger partial charge in [0.2, 0.25) is 0 Å². The Hall–Kier alpha value is -1.30. The molecule has 0 aromatic rings. The van der Waals surface area contributed by atoms with Crippen LogP contribution in [0.1, 0.15) is 6.92 Å². The van der Waals surface area contributed by atoms with Crippen LogP contribution in [0.4, 0.5) is 0 Å². The van der Waals surface area contributed by atoms with Crippen LogP contribution in [0.5, 0.6) is 0 Å². The predicted molar refractivity (Wildman–Crippen MR) is 45.6 cm³/mol. The number of rotatable bonds is 6. The van der Waals surface area contributed by atoms with E-state index in [-0.39, 0.29) is 0 Å². The Kier molecular flexibility index (Phi) is 5.72. The van der Waals surface area contributed by atoms with Gasteiger partial charge in [-0.25, -0.2) is 10.1 Å². The quantitative estimate of drug-likeness (QED) is 0.429. The molecule has 12 heavy (non-hydrogen) atoms. The zero-order chi connectivity index (χ0) is 9.40. The Morgan fingerprint density at radius 1 is 1.67 bits per heavy atom. The Balaban J connectivity index is 3.31. The lowest BCUT2D eigenvalue weighted by atomic mass is 10.5. The molecule has 0 heterocycles. The summed E-state index contributed by atoms with van der Waals surface area (Å²) in [4.78, 5) is 11.8. The van der Waals surface area contributed by atoms with Crippen LogP contribution >= 0.6 is 0 Å². The molecule has 0 atom stereocenters. The van der Waals surface area contributed by atoms with Gasteiger partial charge in [-0.2, -0.15) is 0 Å². The van der Waals surface area contributed by atoms with E-state index in [1.807, 2.05) is 14.0 Å². The van der Waals surface area contributed by atoms with Crippen molar-refractivity contribution >= 4 is 0 Å². The number of hydrogen-bond donors (Lipinski definition) is 2. The average Bonchev–Trinajstić information content (AvgIpc) is 2.03. The van der Waals surface area contributed by atoms with Crippen LogP contribution in [0.2, 0.25) is 0 Å². The maximum Gasteiger partial charge on any atom is 0.178 e. The topological polar surface area (TPSA) is 70.4 Å². The van der Waals surface area contributed by atoms with Crippen molar-refractivity contribution in [3.63, 3.8) is 0 Å². The highest BCUT2D eigenvalue weighted by Crippen LogP contribution is 1.79. The lowest BCUT2D eigenvalue weighted by Crippen LogP contribution is -2.32. The summed E-state index contributed by atoms with van der Waals surface area (Å²) in [6.45, 7) is 3.76. The van der Waals surface area contributed by atoms with E-state index < -0.39 is 5.03 Å². The molecule has 0 aliphatic carbocycles. The van der Waals surface area contributed by atoms with E-state index >= 15 is 0 Å². The first-order valence-electron chi connectivity index (χ1n) is 3.66. The zero-order valence-corrected chi connectivity index (χ0v) is 7.28. The summed E-state index contributed by atoms with van der Waals surface area (Å²) in [5.74, 6) is 0. The lowest BCUT2D eigenvalue weighted by molar-refractivity contribution is -0.553. The molecule has 0 unspecified atom stereocenters. The van der Waals surface area contributed by atoms with E-state index in [0.717, 1.165) is 13.1 Å². The van der Waals surface area contributed by atoms with E-state index in [1.165, 1.54) is 6.20 Å². The molecule has 0 amide bonds. The summed E-state index contributed by atoms with van der Waals surface area (Å²) in [6, 6.07) is 0. The Labute approximate surface area is 71.3 Å². The summed E-state index contributed by atoms with van der Waals surface area (Å²) in [7, 11) is 1.96. The van der Waals surface area contributed by atoms with Crippen LogP contribution in [-0.2, 0) is 0 Å². The molecule has 0 saturated heterocycles. The zero-order valence-electron chi connectivity index (χ0n) is 7.28. The fraction of sp³-hybridized carbons (Fsp3) is 0.667. The second-order valence-corrected chi connectivity index (χ2v) is 2.27. The second kappa shape index (κ2) is 6.41. The minimum absolute atomic E-state index is 0.659. The molecule has 0 aliphatic rings. The van der Waals surface area contributed by atoms with Crippen molar-refractivity contribution in [3.05, 3.63) is 22.4 Å². The van der Waals surface area contributed by atoms with Crippen molar-refractivity contribution in [1.82, 2.24) is 15.9 Å². The third-order valence-corrected chi connectivity index (χ3v) is 1.31. The van der Waals surface area contributed by atoms with Crippen molar-refractivity contribution in [2.24, 2.45) is 0 Å². The minimum atomic E-state index is -0.659. The van der Waals surface area contributed by atoms with Crippen LogP contribution < -0.4 is 11.0 Å².